The molecule has 1 N–H and O–H groups in total. The number of pyridine rings is 1. The number of nitrogens with zero attached hydrogens (tertiary/aromatic N) is 6. The number of rotatable bonds is 7. The Morgan fingerprint density at radius 1 is 1.06 bits per heavy atom. The number of nitrogens with one attached hydrogen (secondary N) is 1. The van der Waals surface area contributed by atoms with Crippen LogP contribution in [0.5, 0.6) is 0 Å². The van der Waals surface area contributed by atoms with E-state index in [4.69, 9.17) is 4.52 Å². The van der Waals surface area contributed by atoms with Crippen LogP contribution < -0.4 is 5.32 Å². The third-order valence-corrected chi connectivity index (χ3v) is 4.87. The second-order valence-electron chi connectivity index (χ2n) is 6.98. The standard InChI is InChI=1S/C22H19N7O2/c30-21(19-14-17(31-27-19)15-28-12-5-11-24-28)26-22-25-18-7-1-2-8-20(18)29(22)13-9-16-6-3-4-10-23-16/h1-8,10-12,14H,9,13,15H2,(H,25,26,30). The van der Waals surface area contributed by atoms with Crippen LogP contribution in [-0.4, -0.2) is 35.4 Å². The highest BCUT2D eigenvalue weighted by molar-refractivity contribution is 6.02. The highest BCUT2D eigenvalue weighted by atomic mass is 16.5. The van der Waals surface area contributed by atoms with E-state index in [1.54, 1.807) is 23.1 Å². The molecule has 4 heterocycles. The predicted molar refractivity (Wildman–Crippen MR) is 113 cm³/mol. The number of carbonyl (C=O) groups excluding carboxylic acids is 1. The topological polar surface area (TPSA) is 104 Å². The number of fused-ring (bicyclic) bond motifs is 1. The fourth-order valence-electron chi connectivity index (χ4n) is 3.38. The highest BCUT2D eigenvalue weighted by Gasteiger charge is 2.18. The van der Waals surface area contributed by atoms with Gasteiger partial charge in [0.15, 0.2) is 11.5 Å². The molecule has 31 heavy (non-hydrogen) atoms. The number of hydrogen-bond donors (Lipinski definition) is 1. The Balaban J connectivity index is 1.37. The fraction of sp³-hybridized carbons (Fsp3) is 0.136. The van der Waals surface area contributed by atoms with Crippen molar-refractivity contribution in [2.24, 2.45) is 0 Å². The van der Waals surface area contributed by atoms with Crippen LogP contribution in [0.3, 0.4) is 0 Å². The number of aryl methyl sites for hydroxylation is 2. The Morgan fingerprint density at radius 3 is 2.81 bits per heavy atom. The summed E-state index contributed by atoms with van der Waals surface area (Å²) in [7, 11) is 0. The highest BCUT2D eigenvalue weighted by Crippen LogP contribution is 2.21. The van der Waals surface area contributed by atoms with Gasteiger partial charge in [-0.05, 0) is 30.3 Å². The van der Waals surface area contributed by atoms with E-state index in [9.17, 15) is 4.79 Å². The zero-order chi connectivity index (χ0) is 21.0. The van der Waals surface area contributed by atoms with Crippen LogP contribution in [0.4, 0.5) is 5.95 Å². The molecule has 0 saturated heterocycles. The molecule has 0 aliphatic carbocycles. The van der Waals surface area contributed by atoms with Crippen molar-refractivity contribution >= 4 is 22.9 Å². The maximum Gasteiger partial charge on any atom is 0.280 e. The van der Waals surface area contributed by atoms with Crippen molar-refractivity contribution < 1.29 is 9.32 Å². The Kier molecular flexibility index (Phi) is 4.97. The van der Waals surface area contributed by atoms with Crippen molar-refractivity contribution in [2.75, 3.05) is 5.32 Å². The van der Waals surface area contributed by atoms with Crippen molar-refractivity contribution in [3.63, 3.8) is 0 Å². The van der Waals surface area contributed by atoms with Gasteiger partial charge in [-0.25, -0.2) is 4.98 Å². The maximum absolute atomic E-state index is 12.8. The zero-order valence-corrected chi connectivity index (χ0v) is 16.5. The van der Waals surface area contributed by atoms with Crippen molar-refractivity contribution in [1.29, 1.82) is 0 Å². The van der Waals surface area contributed by atoms with Crippen LogP contribution in [0, 0.1) is 0 Å². The molecule has 0 unspecified atom stereocenters. The summed E-state index contributed by atoms with van der Waals surface area (Å²) < 4.78 is 8.96. The Labute approximate surface area is 177 Å². The van der Waals surface area contributed by atoms with Crippen molar-refractivity contribution in [3.8, 4) is 0 Å². The zero-order valence-electron chi connectivity index (χ0n) is 16.5. The Morgan fingerprint density at radius 2 is 1.97 bits per heavy atom. The van der Waals surface area contributed by atoms with E-state index in [2.05, 4.69) is 25.5 Å². The van der Waals surface area contributed by atoms with Crippen LogP contribution in [0.1, 0.15) is 21.9 Å². The van der Waals surface area contributed by atoms with Crippen LogP contribution in [0.15, 0.2) is 77.7 Å². The van der Waals surface area contributed by atoms with Gasteiger partial charge >= 0.3 is 0 Å². The first kappa shape index (κ1) is 18.7. The van der Waals surface area contributed by atoms with E-state index in [1.165, 1.54) is 0 Å². The summed E-state index contributed by atoms with van der Waals surface area (Å²) in [5, 5.41) is 10.9. The number of hydrogen-bond acceptors (Lipinski definition) is 6. The lowest BCUT2D eigenvalue weighted by Gasteiger charge is -2.09. The van der Waals surface area contributed by atoms with Gasteiger partial charge in [0.1, 0.15) is 6.54 Å². The van der Waals surface area contributed by atoms with Gasteiger partial charge < -0.3 is 9.09 Å². The minimum absolute atomic E-state index is 0.186. The van der Waals surface area contributed by atoms with Crippen molar-refractivity contribution in [3.05, 3.63) is 90.3 Å². The lowest BCUT2D eigenvalue weighted by Crippen LogP contribution is -2.17. The number of anilines is 1. The number of amides is 1. The molecule has 5 aromatic rings. The predicted octanol–water partition coefficient (Wildman–Crippen LogP) is 3.16. The monoisotopic (exact) mass is 413 g/mol. The van der Waals surface area contributed by atoms with E-state index in [-0.39, 0.29) is 11.6 Å². The van der Waals surface area contributed by atoms with Gasteiger partial charge in [0.2, 0.25) is 5.95 Å². The molecule has 0 saturated carbocycles. The number of imidazole rings is 1. The fourth-order valence-corrected chi connectivity index (χ4v) is 3.38. The quantitative estimate of drug-likeness (QED) is 0.440. The third kappa shape index (κ3) is 4.06. The molecule has 0 atom stereocenters. The smallest absolute Gasteiger partial charge is 0.280 e. The minimum Gasteiger partial charge on any atom is -0.359 e. The van der Waals surface area contributed by atoms with E-state index in [0.717, 1.165) is 16.7 Å². The number of carbonyl (C=O) groups is 1. The van der Waals surface area contributed by atoms with Crippen LogP contribution in [0.2, 0.25) is 0 Å². The summed E-state index contributed by atoms with van der Waals surface area (Å²) >= 11 is 0. The maximum atomic E-state index is 12.8. The van der Waals surface area contributed by atoms with E-state index >= 15 is 0 Å². The first-order valence-electron chi connectivity index (χ1n) is 9.86. The molecule has 0 fully saturated rings. The third-order valence-electron chi connectivity index (χ3n) is 4.87. The SMILES string of the molecule is O=C(Nc1nc2ccccc2n1CCc1ccccn1)c1cc(Cn2cccn2)on1. The van der Waals surface area contributed by atoms with Crippen LogP contribution in [-0.2, 0) is 19.5 Å². The van der Waals surface area contributed by atoms with Crippen molar-refractivity contribution in [1.82, 2.24) is 29.5 Å². The van der Waals surface area contributed by atoms with Crippen molar-refractivity contribution in [2.45, 2.75) is 19.5 Å². The van der Waals surface area contributed by atoms with Gasteiger partial charge in [0.25, 0.3) is 5.91 Å². The summed E-state index contributed by atoms with van der Waals surface area (Å²) in [4.78, 5) is 21.8. The first-order chi connectivity index (χ1) is 15.3. The molecule has 1 aromatic carbocycles. The normalized spacial score (nSPS) is 11.1. The Bertz CT molecular complexity index is 1310. The summed E-state index contributed by atoms with van der Waals surface area (Å²) in [5.41, 5.74) is 2.90. The summed E-state index contributed by atoms with van der Waals surface area (Å²) in [5.74, 6) is 0.612. The first-order valence-corrected chi connectivity index (χ1v) is 9.86. The largest absolute Gasteiger partial charge is 0.359 e. The van der Waals surface area contributed by atoms with Crippen LogP contribution >= 0.6 is 0 Å². The average molecular weight is 413 g/mol. The second-order valence-corrected chi connectivity index (χ2v) is 6.98. The van der Waals surface area contributed by atoms with Gasteiger partial charge in [-0.15, -0.1) is 0 Å². The molecule has 9 heteroatoms. The van der Waals surface area contributed by atoms with E-state index in [0.29, 0.717) is 31.2 Å². The number of para-hydroxylation sites is 2. The van der Waals surface area contributed by atoms with Gasteiger partial charge in [-0.2, -0.15) is 5.10 Å². The molecule has 154 valence electrons. The lowest BCUT2D eigenvalue weighted by molar-refractivity contribution is 0.101. The lowest BCUT2D eigenvalue weighted by atomic mass is 10.2. The van der Waals surface area contributed by atoms with E-state index in [1.807, 2.05) is 59.3 Å². The van der Waals surface area contributed by atoms with Gasteiger partial charge in [0, 0.05) is 43.3 Å². The molecular formula is C22H19N7O2. The molecule has 9 nitrogen and oxygen atoms in total. The molecule has 0 radical (unpaired) electrons. The summed E-state index contributed by atoms with van der Waals surface area (Å²) in [6, 6.07) is 17.0. The molecular weight excluding hydrogens is 394 g/mol. The molecule has 0 aliphatic rings. The molecule has 0 bridgehead atoms. The van der Waals surface area contributed by atoms with Crippen LogP contribution in [0.25, 0.3) is 11.0 Å². The molecule has 1 amide bonds. The minimum atomic E-state index is -0.384. The number of aromatic nitrogens is 6. The molecule has 0 aliphatic heterocycles. The van der Waals surface area contributed by atoms with Gasteiger partial charge in [-0.1, -0.05) is 23.4 Å². The van der Waals surface area contributed by atoms with E-state index < -0.39 is 0 Å². The molecule has 4 aromatic heterocycles. The van der Waals surface area contributed by atoms with Gasteiger partial charge in [-0.3, -0.25) is 19.8 Å². The van der Waals surface area contributed by atoms with Gasteiger partial charge in [0.05, 0.1) is 11.0 Å². The number of benzene rings is 1. The average Bonchev–Trinajstić information content (AvgIpc) is 3.54. The molecule has 0 spiro atoms. The second kappa shape index (κ2) is 8.23. The summed E-state index contributed by atoms with van der Waals surface area (Å²) in [6.07, 6.45) is 5.98. The summed E-state index contributed by atoms with van der Waals surface area (Å²) in [6.45, 7) is 1.02. The Hall–Kier alpha value is -4.27. The molecule has 5 rings (SSSR count).